The number of hydrogen-bond acceptors (Lipinski definition) is 2. The van der Waals surface area contributed by atoms with E-state index in [1.807, 2.05) is 0 Å². The van der Waals surface area contributed by atoms with E-state index in [0.29, 0.717) is 0 Å². The van der Waals surface area contributed by atoms with Crippen LogP contribution in [0.4, 0.5) is 8.78 Å². The second-order valence-electron chi connectivity index (χ2n) is 4.31. The molecular formula is C11H10ClF2NO. The highest BCUT2D eigenvalue weighted by molar-refractivity contribution is 6.30. The maximum Gasteiger partial charge on any atom is 0.147 e. The maximum atomic E-state index is 13.9. The lowest BCUT2D eigenvalue weighted by Gasteiger charge is -2.28. The summed E-state index contributed by atoms with van der Waals surface area (Å²) < 4.78 is 27.2. The summed E-state index contributed by atoms with van der Waals surface area (Å²) in [6.07, 6.45) is 0.775. The van der Waals surface area contributed by atoms with Crippen molar-refractivity contribution in [1.82, 2.24) is 5.48 Å². The molecule has 2 fully saturated rings. The monoisotopic (exact) mass is 245 g/mol. The van der Waals surface area contributed by atoms with Crippen molar-refractivity contribution in [1.29, 1.82) is 0 Å². The fourth-order valence-electron chi connectivity index (χ4n) is 2.38. The Morgan fingerprint density at radius 3 is 2.94 bits per heavy atom. The van der Waals surface area contributed by atoms with E-state index in [4.69, 9.17) is 16.4 Å². The summed E-state index contributed by atoms with van der Waals surface area (Å²) >= 11 is 5.71. The molecule has 0 amide bonds. The minimum Gasteiger partial charge on any atom is -0.297 e. The van der Waals surface area contributed by atoms with Crippen LogP contribution in [0.1, 0.15) is 12.0 Å². The quantitative estimate of drug-likeness (QED) is 0.865. The average molecular weight is 246 g/mol. The predicted octanol–water partition coefficient (Wildman–Crippen LogP) is 2.57. The summed E-state index contributed by atoms with van der Waals surface area (Å²) in [7, 11) is 0. The van der Waals surface area contributed by atoms with Crippen molar-refractivity contribution < 1.29 is 13.6 Å². The Morgan fingerprint density at radius 2 is 2.38 bits per heavy atom. The largest absolute Gasteiger partial charge is 0.297 e. The van der Waals surface area contributed by atoms with E-state index < -0.39 is 18.0 Å². The first-order valence-corrected chi connectivity index (χ1v) is 5.50. The van der Waals surface area contributed by atoms with E-state index in [0.717, 1.165) is 6.42 Å². The number of rotatable bonds is 2. The Hall–Kier alpha value is -0.710. The van der Waals surface area contributed by atoms with Gasteiger partial charge in [0.25, 0.3) is 0 Å². The standard InChI is InChI=1S/C11H10ClF2NO/c12-8-3-1-2-6(10(8)14)11(5-13)7-4-9(7)16-15-11/h1-3,7,9,15H,4-5H2/t7-,9+,11+/m0/s1. The Bertz CT molecular complexity index is 442. The van der Waals surface area contributed by atoms with E-state index in [1.165, 1.54) is 6.07 Å². The molecule has 1 aromatic carbocycles. The van der Waals surface area contributed by atoms with E-state index in [-0.39, 0.29) is 22.6 Å². The van der Waals surface area contributed by atoms with Crippen molar-refractivity contribution in [3.05, 3.63) is 34.6 Å². The number of hydroxylamine groups is 1. The molecule has 2 aliphatic rings. The first kappa shape index (κ1) is 10.4. The van der Waals surface area contributed by atoms with Crippen molar-refractivity contribution >= 4 is 11.6 Å². The fraction of sp³-hybridized carbons (Fsp3) is 0.455. The Labute approximate surface area is 96.5 Å². The van der Waals surface area contributed by atoms with Crippen LogP contribution in [0.25, 0.3) is 0 Å². The van der Waals surface area contributed by atoms with Gasteiger partial charge in [0.1, 0.15) is 18.0 Å². The molecule has 0 unspecified atom stereocenters. The molecule has 1 N–H and O–H groups in total. The molecule has 1 saturated carbocycles. The summed E-state index contributed by atoms with van der Waals surface area (Å²) in [6, 6.07) is 4.62. The topological polar surface area (TPSA) is 21.3 Å². The Balaban J connectivity index is 2.10. The molecule has 1 saturated heterocycles. The smallest absolute Gasteiger partial charge is 0.147 e. The number of nitrogens with one attached hydrogen (secondary N) is 1. The van der Waals surface area contributed by atoms with Crippen LogP contribution in [0.3, 0.4) is 0 Å². The van der Waals surface area contributed by atoms with Crippen molar-refractivity contribution in [2.45, 2.75) is 18.1 Å². The number of halogens is 3. The van der Waals surface area contributed by atoms with Crippen molar-refractivity contribution in [2.75, 3.05) is 6.67 Å². The molecule has 5 heteroatoms. The Kier molecular flexibility index (Phi) is 2.21. The number of fused-ring (bicyclic) bond motifs is 1. The normalized spacial score (nSPS) is 36.2. The van der Waals surface area contributed by atoms with Gasteiger partial charge in [-0.15, -0.1) is 0 Å². The number of benzene rings is 1. The summed E-state index contributed by atoms with van der Waals surface area (Å²) in [5.74, 6) is -0.559. The molecule has 1 aromatic rings. The van der Waals surface area contributed by atoms with Crippen LogP contribution in [0.5, 0.6) is 0 Å². The first-order chi connectivity index (χ1) is 7.69. The second kappa shape index (κ2) is 3.39. The number of alkyl halides is 1. The van der Waals surface area contributed by atoms with Crippen molar-refractivity contribution in [2.24, 2.45) is 5.92 Å². The van der Waals surface area contributed by atoms with Gasteiger partial charge in [-0.25, -0.2) is 8.78 Å². The third-order valence-corrected chi connectivity index (χ3v) is 3.69. The zero-order chi connectivity index (χ0) is 11.3. The minimum absolute atomic E-state index is 0.00506. The van der Waals surface area contributed by atoms with Crippen LogP contribution in [0.2, 0.25) is 5.02 Å². The van der Waals surface area contributed by atoms with Crippen molar-refractivity contribution in [3.63, 3.8) is 0 Å². The van der Waals surface area contributed by atoms with Crippen molar-refractivity contribution in [3.8, 4) is 0 Å². The predicted molar refractivity (Wildman–Crippen MR) is 55.2 cm³/mol. The maximum absolute atomic E-state index is 13.9. The Morgan fingerprint density at radius 1 is 1.56 bits per heavy atom. The first-order valence-electron chi connectivity index (χ1n) is 5.12. The van der Waals surface area contributed by atoms with Crippen LogP contribution in [-0.4, -0.2) is 12.8 Å². The van der Waals surface area contributed by atoms with E-state index >= 15 is 0 Å². The molecule has 86 valence electrons. The SMILES string of the molecule is FC[C@]1(c2cccc(Cl)c2F)NO[C@@H]2C[C@@H]21. The fourth-order valence-corrected chi connectivity index (χ4v) is 2.55. The third-order valence-electron chi connectivity index (χ3n) is 3.40. The van der Waals surface area contributed by atoms with Crippen LogP contribution in [-0.2, 0) is 10.4 Å². The molecule has 0 bridgehead atoms. The molecule has 0 spiro atoms. The highest BCUT2D eigenvalue weighted by Gasteiger charge is 2.62. The van der Waals surface area contributed by atoms with Gasteiger partial charge in [0.05, 0.1) is 11.1 Å². The average Bonchev–Trinajstić information content (AvgIpc) is 2.99. The van der Waals surface area contributed by atoms with Gasteiger partial charge in [-0.3, -0.25) is 4.84 Å². The molecule has 1 aliphatic carbocycles. The summed E-state index contributed by atoms with van der Waals surface area (Å²) in [5, 5.41) is 0.0104. The van der Waals surface area contributed by atoms with Crippen LogP contribution in [0, 0.1) is 11.7 Å². The van der Waals surface area contributed by atoms with Gasteiger partial charge >= 0.3 is 0 Å². The molecule has 1 aliphatic heterocycles. The van der Waals surface area contributed by atoms with Crippen LogP contribution >= 0.6 is 11.6 Å². The summed E-state index contributed by atoms with van der Waals surface area (Å²) in [5.41, 5.74) is 1.83. The van der Waals surface area contributed by atoms with Gasteiger partial charge in [-0.2, -0.15) is 5.48 Å². The van der Waals surface area contributed by atoms with E-state index in [9.17, 15) is 8.78 Å². The van der Waals surface area contributed by atoms with Gasteiger partial charge in [0.2, 0.25) is 0 Å². The van der Waals surface area contributed by atoms with Gasteiger partial charge in [-0.1, -0.05) is 23.7 Å². The highest BCUT2D eigenvalue weighted by atomic mass is 35.5. The van der Waals surface area contributed by atoms with Gasteiger partial charge in [-0.05, 0) is 12.5 Å². The molecule has 2 nitrogen and oxygen atoms in total. The molecule has 16 heavy (non-hydrogen) atoms. The molecule has 3 atom stereocenters. The molecule has 1 heterocycles. The number of hydrogen-bond donors (Lipinski definition) is 1. The lowest BCUT2D eigenvalue weighted by Crippen LogP contribution is -2.43. The van der Waals surface area contributed by atoms with Crippen LogP contribution < -0.4 is 5.48 Å². The van der Waals surface area contributed by atoms with Gasteiger partial charge in [0, 0.05) is 11.5 Å². The minimum atomic E-state index is -1.06. The molecule has 3 rings (SSSR count). The van der Waals surface area contributed by atoms with Gasteiger partial charge in [0.15, 0.2) is 0 Å². The highest BCUT2D eigenvalue weighted by Crippen LogP contribution is 2.53. The molecule has 0 radical (unpaired) electrons. The van der Waals surface area contributed by atoms with E-state index in [1.54, 1.807) is 12.1 Å². The molecule has 0 aromatic heterocycles. The molecular weight excluding hydrogens is 236 g/mol. The van der Waals surface area contributed by atoms with Crippen LogP contribution in [0.15, 0.2) is 18.2 Å². The third kappa shape index (κ3) is 1.24. The van der Waals surface area contributed by atoms with E-state index in [2.05, 4.69) is 5.48 Å². The zero-order valence-corrected chi connectivity index (χ0v) is 9.10. The summed E-state index contributed by atoms with van der Waals surface area (Å²) in [6.45, 7) is -0.703. The van der Waals surface area contributed by atoms with Gasteiger partial charge < -0.3 is 0 Å². The zero-order valence-electron chi connectivity index (χ0n) is 8.34. The summed E-state index contributed by atoms with van der Waals surface area (Å²) in [4.78, 5) is 5.18. The lowest BCUT2D eigenvalue weighted by atomic mass is 9.87. The lowest BCUT2D eigenvalue weighted by molar-refractivity contribution is 0.00726. The second-order valence-corrected chi connectivity index (χ2v) is 4.71.